The first-order chi connectivity index (χ1) is 11.7. The molecule has 0 fully saturated rings. The Kier molecular flexibility index (Phi) is 4.52. The predicted molar refractivity (Wildman–Crippen MR) is 88.2 cm³/mol. The van der Waals surface area contributed by atoms with Crippen LogP contribution in [0.5, 0.6) is 0 Å². The molecule has 5 nitrogen and oxygen atoms in total. The topological polar surface area (TPSA) is 63.7 Å². The van der Waals surface area contributed by atoms with E-state index in [1.165, 1.54) is 0 Å². The van der Waals surface area contributed by atoms with E-state index >= 15 is 0 Å². The molecule has 2 aromatic rings. The van der Waals surface area contributed by atoms with Gasteiger partial charge in [0.1, 0.15) is 13.2 Å². The number of fused-ring (bicyclic) bond motifs is 1. The van der Waals surface area contributed by atoms with Gasteiger partial charge in [-0.3, -0.25) is 19.3 Å². The number of carbonyl (C=O) groups excluding carboxylic acids is 3. The van der Waals surface area contributed by atoms with Crippen molar-refractivity contribution in [3.05, 3.63) is 77.4 Å². The fourth-order valence-electron chi connectivity index (χ4n) is 2.45. The van der Waals surface area contributed by atoms with E-state index in [0.29, 0.717) is 11.1 Å². The summed E-state index contributed by atoms with van der Waals surface area (Å²) in [6, 6.07) is 16.1. The molecule has 0 bridgehead atoms. The van der Waals surface area contributed by atoms with Crippen molar-refractivity contribution in [3.8, 4) is 0 Å². The zero-order valence-electron chi connectivity index (χ0n) is 12.8. The smallest absolute Gasteiger partial charge is 0.326 e. The van der Waals surface area contributed by atoms with Gasteiger partial charge in [-0.2, -0.15) is 0 Å². The molecule has 0 aromatic heterocycles. The Balaban J connectivity index is 1.54. The van der Waals surface area contributed by atoms with Crippen LogP contribution < -0.4 is 0 Å². The van der Waals surface area contributed by atoms with Crippen molar-refractivity contribution in [1.82, 2.24) is 4.90 Å². The summed E-state index contributed by atoms with van der Waals surface area (Å²) < 4.78 is 5.05. The lowest BCUT2D eigenvalue weighted by atomic mass is 10.1. The summed E-state index contributed by atoms with van der Waals surface area (Å²) in [7, 11) is 0. The Morgan fingerprint density at radius 2 is 1.50 bits per heavy atom. The molecule has 0 radical (unpaired) electrons. The van der Waals surface area contributed by atoms with Crippen molar-refractivity contribution in [3.63, 3.8) is 0 Å². The summed E-state index contributed by atoms with van der Waals surface area (Å²) in [6.07, 6.45) is 3.53. The van der Waals surface area contributed by atoms with E-state index in [1.807, 2.05) is 36.4 Å². The molecule has 1 aliphatic heterocycles. The highest BCUT2D eigenvalue weighted by Crippen LogP contribution is 2.22. The number of hydrogen-bond acceptors (Lipinski definition) is 4. The fraction of sp³-hybridized carbons (Fsp3) is 0.105. The summed E-state index contributed by atoms with van der Waals surface area (Å²) in [5.74, 6) is -1.55. The minimum absolute atomic E-state index is 0.0803. The quantitative estimate of drug-likeness (QED) is 0.627. The summed E-state index contributed by atoms with van der Waals surface area (Å²) in [5, 5.41) is 0. The Morgan fingerprint density at radius 1 is 0.917 bits per heavy atom. The number of rotatable bonds is 5. The van der Waals surface area contributed by atoms with Gasteiger partial charge < -0.3 is 4.74 Å². The van der Waals surface area contributed by atoms with E-state index in [0.717, 1.165) is 10.5 Å². The molecule has 5 heteroatoms. The van der Waals surface area contributed by atoms with Crippen LogP contribution in [0, 0.1) is 0 Å². The SMILES string of the molecule is O=C(CN1C(=O)c2ccccc2C1=O)OC/C=C/c1ccccc1. The van der Waals surface area contributed by atoms with Crippen LogP contribution in [-0.4, -0.2) is 35.8 Å². The zero-order valence-corrected chi connectivity index (χ0v) is 12.8. The molecule has 2 aromatic carbocycles. The average molecular weight is 321 g/mol. The van der Waals surface area contributed by atoms with Gasteiger partial charge >= 0.3 is 5.97 Å². The van der Waals surface area contributed by atoms with Crippen molar-refractivity contribution < 1.29 is 19.1 Å². The number of ether oxygens (including phenoxy) is 1. The number of imide groups is 1. The molecular weight excluding hydrogens is 306 g/mol. The van der Waals surface area contributed by atoms with Crippen molar-refractivity contribution in [1.29, 1.82) is 0 Å². The third kappa shape index (κ3) is 3.25. The van der Waals surface area contributed by atoms with E-state index in [-0.39, 0.29) is 13.2 Å². The van der Waals surface area contributed by atoms with Crippen LogP contribution in [0.1, 0.15) is 26.3 Å². The molecule has 3 rings (SSSR count). The molecule has 0 N–H and O–H groups in total. The highest BCUT2D eigenvalue weighted by Gasteiger charge is 2.36. The molecule has 120 valence electrons. The Hall–Kier alpha value is -3.21. The second-order valence-electron chi connectivity index (χ2n) is 5.24. The number of benzene rings is 2. The van der Waals surface area contributed by atoms with Gasteiger partial charge in [-0.15, -0.1) is 0 Å². The Bertz CT molecular complexity index is 776. The number of carbonyl (C=O) groups is 3. The number of nitrogens with zero attached hydrogens (tertiary/aromatic N) is 1. The molecule has 1 aliphatic rings. The van der Waals surface area contributed by atoms with Gasteiger partial charge in [-0.1, -0.05) is 48.5 Å². The molecule has 0 spiro atoms. The van der Waals surface area contributed by atoms with Crippen LogP contribution in [0.25, 0.3) is 6.08 Å². The van der Waals surface area contributed by atoms with Crippen molar-refractivity contribution in [2.45, 2.75) is 0 Å². The first kappa shape index (κ1) is 15.7. The van der Waals surface area contributed by atoms with Crippen molar-refractivity contribution in [2.24, 2.45) is 0 Å². The van der Waals surface area contributed by atoms with Gasteiger partial charge in [0.25, 0.3) is 11.8 Å². The number of hydrogen-bond donors (Lipinski definition) is 0. The highest BCUT2D eigenvalue weighted by molar-refractivity contribution is 6.22. The lowest BCUT2D eigenvalue weighted by Crippen LogP contribution is -2.35. The monoisotopic (exact) mass is 321 g/mol. The number of amides is 2. The summed E-state index contributed by atoms with van der Waals surface area (Å²) in [5.41, 5.74) is 1.63. The van der Waals surface area contributed by atoms with Gasteiger partial charge in [0.05, 0.1) is 11.1 Å². The molecule has 0 unspecified atom stereocenters. The van der Waals surface area contributed by atoms with Crippen LogP contribution >= 0.6 is 0 Å². The maximum Gasteiger partial charge on any atom is 0.326 e. The molecule has 0 atom stereocenters. The maximum atomic E-state index is 12.1. The maximum absolute atomic E-state index is 12.1. The second-order valence-corrected chi connectivity index (χ2v) is 5.24. The van der Waals surface area contributed by atoms with Crippen LogP contribution in [0.4, 0.5) is 0 Å². The number of esters is 1. The molecule has 0 aliphatic carbocycles. The van der Waals surface area contributed by atoms with Crippen LogP contribution in [0.3, 0.4) is 0 Å². The summed E-state index contributed by atoms with van der Waals surface area (Å²) in [6.45, 7) is -0.303. The largest absolute Gasteiger partial charge is 0.460 e. The van der Waals surface area contributed by atoms with E-state index < -0.39 is 17.8 Å². The second kappa shape index (κ2) is 6.91. The zero-order chi connectivity index (χ0) is 16.9. The van der Waals surface area contributed by atoms with Gasteiger partial charge in [0.15, 0.2) is 0 Å². The van der Waals surface area contributed by atoms with Crippen LogP contribution in [0.15, 0.2) is 60.7 Å². The minimum atomic E-state index is -0.623. The Labute approximate surface area is 139 Å². The molecule has 0 saturated carbocycles. The molecular formula is C19H15NO4. The van der Waals surface area contributed by atoms with Crippen LogP contribution in [0.2, 0.25) is 0 Å². The van der Waals surface area contributed by atoms with Crippen LogP contribution in [-0.2, 0) is 9.53 Å². The first-order valence-corrected chi connectivity index (χ1v) is 7.49. The highest BCUT2D eigenvalue weighted by atomic mass is 16.5. The predicted octanol–water partition coefficient (Wildman–Crippen LogP) is 2.54. The van der Waals surface area contributed by atoms with Crippen molar-refractivity contribution in [2.75, 3.05) is 13.2 Å². The fourth-order valence-corrected chi connectivity index (χ4v) is 2.45. The van der Waals surface area contributed by atoms with Gasteiger partial charge in [0, 0.05) is 0 Å². The average Bonchev–Trinajstić information content (AvgIpc) is 2.85. The van der Waals surface area contributed by atoms with Gasteiger partial charge in [0.2, 0.25) is 0 Å². The van der Waals surface area contributed by atoms with Crippen molar-refractivity contribution >= 4 is 23.9 Å². The van der Waals surface area contributed by atoms with E-state index in [2.05, 4.69) is 0 Å². The molecule has 24 heavy (non-hydrogen) atoms. The lowest BCUT2D eigenvalue weighted by Gasteiger charge is -2.12. The molecule has 2 amide bonds. The standard InChI is InChI=1S/C19H15NO4/c21-17(24-12-6-9-14-7-2-1-3-8-14)13-20-18(22)15-10-4-5-11-16(15)19(20)23/h1-11H,12-13H2/b9-6+. The molecule has 1 heterocycles. The summed E-state index contributed by atoms with van der Waals surface area (Å²) >= 11 is 0. The third-order valence-electron chi connectivity index (χ3n) is 3.62. The van der Waals surface area contributed by atoms with E-state index in [4.69, 9.17) is 4.74 Å². The Morgan fingerprint density at radius 3 is 2.12 bits per heavy atom. The third-order valence-corrected chi connectivity index (χ3v) is 3.62. The van der Waals surface area contributed by atoms with Gasteiger partial charge in [-0.05, 0) is 23.8 Å². The normalized spacial score (nSPS) is 13.4. The lowest BCUT2D eigenvalue weighted by molar-refractivity contribution is -0.142. The first-order valence-electron chi connectivity index (χ1n) is 7.49. The van der Waals surface area contributed by atoms with E-state index in [1.54, 1.807) is 30.3 Å². The molecule has 0 saturated heterocycles. The van der Waals surface area contributed by atoms with Gasteiger partial charge in [-0.25, -0.2) is 0 Å². The summed E-state index contributed by atoms with van der Waals surface area (Å²) in [4.78, 5) is 37.0. The minimum Gasteiger partial charge on any atom is -0.460 e. The van der Waals surface area contributed by atoms with E-state index in [9.17, 15) is 14.4 Å².